The van der Waals surface area contributed by atoms with Gasteiger partial charge in [-0.3, -0.25) is 0 Å². The molecule has 0 aliphatic carbocycles. The first kappa shape index (κ1) is 9.90. The van der Waals surface area contributed by atoms with Crippen LogP contribution in [0.15, 0.2) is 54.6 Å². The summed E-state index contributed by atoms with van der Waals surface area (Å²) in [5, 5.41) is 1.27. The average Bonchev–Trinajstić information content (AvgIpc) is 2.73. The maximum absolute atomic E-state index is 3.44. The molecule has 0 amide bonds. The van der Waals surface area contributed by atoms with Crippen molar-refractivity contribution in [2.45, 2.75) is 0 Å². The molecule has 0 bridgehead atoms. The fourth-order valence-electron chi connectivity index (χ4n) is 1.88. The number of rotatable bonds is 1. The molecular formula is C14H10IN. The minimum Gasteiger partial charge on any atom is -0.355 e. The molecule has 3 rings (SSSR count). The first-order valence-electron chi connectivity index (χ1n) is 5.17. The largest absolute Gasteiger partial charge is 0.355 e. The summed E-state index contributed by atoms with van der Waals surface area (Å²) in [5.74, 6) is 0. The second kappa shape index (κ2) is 3.94. The van der Waals surface area contributed by atoms with E-state index in [0.717, 1.165) is 0 Å². The molecule has 3 aromatic rings. The second-order valence-electron chi connectivity index (χ2n) is 3.78. The van der Waals surface area contributed by atoms with Gasteiger partial charge in [0.2, 0.25) is 0 Å². The molecule has 0 atom stereocenters. The molecule has 2 aromatic carbocycles. The number of benzene rings is 2. The standard InChI is InChI=1S/C14H10IN/c15-12-6-7-13-11(8-12)9-14(16-13)10-4-2-1-3-5-10/h1-9,16H. The molecule has 0 aliphatic rings. The van der Waals surface area contributed by atoms with E-state index >= 15 is 0 Å². The van der Waals surface area contributed by atoms with Gasteiger partial charge < -0.3 is 4.98 Å². The third-order valence-electron chi connectivity index (χ3n) is 2.67. The van der Waals surface area contributed by atoms with Gasteiger partial charge >= 0.3 is 0 Å². The van der Waals surface area contributed by atoms with Crippen LogP contribution < -0.4 is 0 Å². The van der Waals surface area contributed by atoms with Crippen molar-refractivity contribution in [1.82, 2.24) is 4.98 Å². The van der Waals surface area contributed by atoms with Gasteiger partial charge in [0, 0.05) is 20.2 Å². The van der Waals surface area contributed by atoms with Gasteiger partial charge in [-0.2, -0.15) is 0 Å². The molecule has 0 aliphatic heterocycles. The maximum Gasteiger partial charge on any atom is 0.0464 e. The number of nitrogens with one attached hydrogen (secondary N) is 1. The normalized spacial score (nSPS) is 10.8. The first-order valence-corrected chi connectivity index (χ1v) is 6.24. The predicted octanol–water partition coefficient (Wildman–Crippen LogP) is 4.44. The average molecular weight is 319 g/mol. The fraction of sp³-hybridized carbons (Fsp3) is 0. The van der Waals surface area contributed by atoms with E-state index in [1.165, 1.54) is 25.7 Å². The number of hydrogen-bond acceptors (Lipinski definition) is 0. The minimum atomic E-state index is 1.18. The summed E-state index contributed by atoms with van der Waals surface area (Å²) in [5.41, 5.74) is 3.60. The Morgan fingerprint density at radius 3 is 2.50 bits per heavy atom. The smallest absolute Gasteiger partial charge is 0.0464 e. The Balaban J connectivity index is 2.19. The van der Waals surface area contributed by atoms with Crippen LogP contribution in [-0.4, -0.2) is 4.98 Å². The summed E-state index contributed by atoms with van der Waals surface area (Å²) >= 11 is 2.34. The van der Waals surface area contributed by atoms with Gasteiger partial charge in [-0.15, -0.1) is 0 Å². The van der Waals surface area contributed by atoms with E-state index in [9.17, 15) is 0 Å². The Labute approximate surface area is 108 Å². The van der Waals surface area contributed by atoms with Crippen LogP contribution in [0.25, 0.3) is 22.2 Å². The van der Waals surface area contributed by atoms with E-state index in [0.29, 0.717) is 0 Å². The van der Waals surface area contributed by atoms with E-state index in [2.05, 4.69) is 76.1 Å². The van der Waals surface area contributed by atoms with Gasteiger partial charge in [0.15, 0.2) is 0 Å². The highest BCUT2D eigenvalue weighted by Gasteiger charge is 2.02. The van der Waals surface area contributed by atoms with Crippen molar-refractivity contribution in [2.24, 2.45) is 0 Å². The monoisotopic (exact) mass is 319 g/mol. The summed E-state index contributed by atoms with van der Waals surface area (Å²) in [6.07, 6.45) is 0. The number of fused-ring (bicyclic) bond motifs is 1. The molecule has 0 fully saturated rings. The van der Waals surface area contributed by atoms with Gasteiger partial charge in [0.1, 0.15) is 0 Å². The molecule has 1 N–H and O–H groups in total. The molecule has 1 aromatic heterocycles. The highest BCUT2D eigenvalue weighted by Crippen LogP contribution is 2.24. The number of H-pyrrole nitrogens is 1. The lowest BCUT2D eigenvalue weighted by atomic mass is 10.1. The van der Waals surface area contributed by atoms with E-state index in [1.54, 1.807) is 0 Å². The molecule has 0 saturated heterocycles. The van der Waals surface area contributed by atoms with Crippen LogP contribution >= 0.6 is 22.6 Å². The van der Waals surface area contributed by atoms with Gasteiger partial charge in [0.25, 0.3) is 0 Å². The van der Waals surface area contributed by atoms with Crippen LogP contribution in [-0.2, 0) is 0 Å². The highest BCUT2D eigenvalue weighted by molar-refractivity contribution is 14.1. The number of aromatic nitrogens is 1. The Hall–Kier alpha value is -1.29. The molecule has 0 unspecified atom stereocenters. The van der Waals surface area contributed by atoms with Gasteiger partial charge in [-0.05, 0) is 52.4 Å². The zero-order valence-electron chi connectivity index (χ0n) is 8.57. The summed E-state index contributed by atoms with van der Waals surface area (Å²) < 4.78 is 1.27. The fourth-order valence-corrected chi connectivity index (χ4v) is 2.39. The summed E-state index contributed by atoms with van der Waals surface area (Å²) in [7, 11) is 0. The molecule has 0 saturated carbocycles. The molecule has 16 heavy (non-hydrogen) atoms. The Morgan fingerprint density at radius 2 is 1.69 bits per heavy atom. The lowest BCUT2D eigenvalue weighted by Gasteiger charge is -1.94. The summed E-state index contributed by atoms with van der Waals surface area (Å²) in [6, 6.07) is 19.0. The summed E-state index contributed by atoms with van der Waals surface area (Å²) in [6.45, 7) is 0. The van der Waals surface area contributed by atoms with Crippen molar-refractivity contribution < 1.29 is 0 Å². The molecule has 1 nitrogen and oxygen atoms in total. The molecule has 1 heterocycles. The third kappa shape index (κ3) is 1.73. The molecule has 0 radical (unpaired) electrons. The molecular weight excluding hydrogens is 309 g/mol. The highest BCUT2D eigenvalue weighted by atomic mass is 127. The third-order valence-corrected chi connectivity index (χ3v) is 3.34. The molecule has 78 valence electrons. The minimum absolute atomic E-state index is 1.18. The van der Waals surface area contributed by atoms with E-state index in [-0.39, 0.29) is 0 Å². The number of aromatic amines is 1. The predicted molar refractivity (Wildman–Crippen MR) is 76.5 cm³/mol. The quantitative estimate of drug-likeness (QED) is 0.638. The number of halogens is 1. The maximum atomic E-state index is 3.44. The topological polar surface area (TPSA) is 15.8 Å². The van der Waals surface area contributed by atoms with Crippen LogP contribution in [0.3, 0.4) is 0 Å². The van der Waals surface area contributed by atoms with Crippen molar-refractivity contribution in [3.8, 4) is 11.3 Å². The lowest BCUT2D eigenvalue weighted by molar-refractivity contribution is 1.45. The van der Waals surface area contributed by atoms with E-state index < -0.39 is 0 Å². The van der Waals surface area contributed by atoms with Crippen molar-refractivity contribution in [3.63, 3.8) is 0 Å². The zero-order valence-corrected chi connectivity index (χ0v) is 10.7. The first-order chi connectivity index (χ1) is 7.83. The Morgan fingerprint density at radius 1 is 0.875 bits per heavy atom. The van der Waals surface area contributed by atoms with Gasteiger partial charge in [-0.25, -0.2) is 0 Å². The Bertz CT molecular complexity index is 626. The lowest BCUT2D eigenvalue weighted by Crippen LogP contribution is -1.74. The molecule has 2 heteroatoms. The van der Waals surface area contributed by atoms with E-state index in [4.69, 9.17) is 0 Å². The van der Waals surface area contributed by atoms with E-state index in [1.807, 2.05) is 6.07 Å². The van der Waals surface area contributed by atoms with Crippen LogP contribution in [0, 0.1) is 3.57 Å². The van der Waals surface area contributed by atoms with Gasteiger partial charge in [0.05, 0.1) is 0 Å². The van der Waals surface area contributed by atoms with Crippen LogP contribution in [0.4, 0.5) is 0 Å². The van der Waals surface area contributed by atoms with Crippen molar-refractivity contribution >= 4 is 33.5 Å². The van der Waals surface area contributed by atoms with Crippen LogP contribution in [0.1, 0.15) is 0 Å². The SMILES string of the molecule is Ic1ccc2[nH]c(-c3ccccc3)cc2c1. The van der Waals surface area contributed by atoms with Crippen molar-refractivity contribution in [2.75, 3.05) is 0 Å². The zero-order chi connectivity index (χ0) is 11.0. The van der Waals surface area contributed by atoms with Gasteiger partial charge in [-0.1, -0.05) is 30.3 Å². The van der Waals surface area contributed by atoms with Crippen molar-refractivity contribution in [1.29, 1.82) is 0 Å². The van der Waals surface area contributed by atoms with Crippen molar-refractivity contribution in [3.05, 3.63) is 58.2 Å². The Kier molecular flexibility index (Phi) is 2.44. The van der Waals surface area contributed by atoms with Crippen LogP contribution in [0.5, 0.6) is 0 Å². The molecule has 0 spiro atoms. The summed E-state index contributed by atoms with van der Waals surface area (Å²) in [4.78, 5) is 3.44. The second-order valence-corrected chi connectivity index (χ2v) is 5.03. The van der Waals surface area contributed by atoms with Crippen LogP contribution in [0.2, 0.25) is 0 Å². The number of hydrogen-bond donors (Lipinski definition) is 1.